The molecule has 0 saturated heterocycles. The Morgan fingerprint density at radius 3 is 1.98 bits per heavy atom. The van der Waals surface area contributed by atoms with E-state index in [9.17, 15) is 19.5 Å². The third-order valence-electron chi connectivity index (χ3n) is 6.10. The standard InChI is InChI=1S/C34H49N3O6/c1-3-5-6-7-8-9-10-11-12-13-14-15-16-17-18-19-20-21-26-43-31(4-2)32(39)35-24-25-36-34(42)37-28-22-23-30(38)29(27-28)33(40)41/h5-6,8-9,11-12,14-15,17-18,22-23,27,31,38H,3-4,7,10,13,16,19-21,24-26H2,1-2H3,(H,35,39)(H,40,41)(H2,36,37,42)/t31-/m1/s1. The number of benzene rings is 1. The Hall–Kier alpha value is -4.11. The van der Waals surface area contributed by atoms with Gasteiger partial charge in [0.15, 0.2) is 0 Å². The van der Waals surface area contributed by atoms with E-state index in [0.717, 1.165) is 57.4 Å². The van der Waals surface area contributed by atoms with Gasteiger partial charge in [0.1, 0.15) is 17.4 Å². The van der Waals surface area contributed by atoms with Gasteiger partial charge in [0.25, 0.3) is 0 Å². The quantitative estimate of drug-likeness (QED) is 0.0554. The van der Waals surface area contributed by atoms with Crippen LogP contribution in [0.25, 0.3) is 0 Å². The predicted molar refractivity (Wildman–Crippen MR) is 173 cm³/mol. The number of nitrogens with one attached hydrogen (secondary N) is 3. The van der Waals surface area contributed by atoms with Gasteiger partial charge in [-0.1, -0.05) is 74.6 Å². The normalized spacial score (nSPS) is 12.6. The van der Waals surface area contributed by atoms with Crippen molar-refractivity contribution in [3.63, 3.8) is 0 Å². The fraction of sp³-hybridized carbons (Fsp3) is 0.441. The summed E-state index contributed by atoms with van der Waals surface area (Å²) in [5.74, 6) is -1.92. The van der Waals surface area contributed by atoms with E-state index < -0.39 is 18.1 Å². The highest BCUT2D eigenvalue weighted by atomic mass is 16.5. The van der Waals surface area contributed by atoms with E-state index in [2.05, 4.69) is 83.6 Å². The van der Waals surface area contributed by atoms with Crippen LogP contribution in [0.2, 0.25) is 0 Å². The van der Waals surface area contributed by atoms with Crippen LogP contribution in [-0.2, 0) is 9.53 Å². The Balaban J connectivity index is 2.10. The Labute approximate surface area is 256 Å². The molecule has 0 radical (unpaired) electrons. The molecule has 43 heavy (non-hydrogen) atoms. The molecule has 0 spiro atoms. The maximum atomic E-state index is 12.4. The Morgan fingerprint density at radius 1 is 0.814 bits per heavy atom. The lowest BCUT2D eigenvalue weighted by Crippen LogP contribution is -2.41. The van der Waals surface area contributed by atoms with Gasteiger partial charge in [-0.3, -0.25) is 4.79 Å². The lowest BCUT2D eigenvalue weighted by molar-refractivity contribution is -0.133. The van der Waals surface area contributed by atoms with E-state index in [0.29, 0.717) is 13.0 Å². The molecule has 3 amide bonds. The van der Waals surface area contributed by atoms with E-state index in [1.807, 2.05) is 6.92 Å². The van der Waals surface area contributed by atoms with Crippen LogP contribution >= 0.6 is 0 Å². The first kappa shape index (κ1) is 36.9. The van der Waals surface area contributed by atoms with Crippen LogP contribution in [0.1, 0.15) is 82.0 Å². The summed E-state index contributed by atoms with van der Waals surface area (Å²) >= 11 is 0. The largest absolute Gasteiger partial charge is 0.507 e. The van der Waals surface area contributed by atoms with E-state index in [1.54, 1.807) is 0 Å². The minimum Gasteiger partial charge on any atom is -0.507 e. The minimum absolute atomic E-state index is 0.172. The predicted octanol–water partition coefficient (Wildman–Crippen LogP) is 7.05. The first-order valence-electron chi connectivity index (χ1n) is 15.1. The average Bonchev–Trinajstić information content (AvgIpc) is 2.99. The first-order valence-corrected chi connectivity index (χ1v) is 15.1. The van der Waals surface area contributed by atoms with Crippen molar-refractivity contribution < 1.29 is 29.3 Å². The maximum absolute atomic E-state index is 12.4. The smallest absolute Gasteiger partial charge is 0.339 e. The molecular weight excluding hydrogens is 546 g/mol. The number of hydrogen-bond acceptors (Lipinski definition) is 5. The first-order chi connectivity index (χ1) is 20.9. The number of phenols is 1. The van der Waals surface area contributed by atoms with Crippen molar-refractivity contribution >= 4 is 23.6 Å². The summed E-state index contributed by atoms with van der Waals surface area (Å²) in [7, 11) is 0. The molecule has 0 bridgehead atoms. The van der Waals surface area contributed by atoms with E-state index in [-0.39, 0.29) is 36.0 Å². The van der Waals surface area contributed by atoms with E-state index in [4.69, 9.17) is 9.84 Å². The molecule has 0 aliphatic carbocycles. The van der Waals surface area contributed by atoms with Crippen LogP contribution in [0, 0.1) is 0 Å². The summed E-state index contributed by atoms with van der Waals surface area (Å²) in [6.07, 6.45) is 29.6. The van der Waals surface area contributed by atoms with Gasteiger partial charge in [0, 0.05) is 25.4 Å². The summed E-state index contributed by atoms with van der Waals surface area (Å²) in [5, 5.41) is 26.4. The van der Waals surface area contributed by atoms with Crippen LogP contribution in [0.3, 0.4) is 0 Å². The fourth-order valence-electron chi connectivity index (χ4n) is 3.77. The molecule has 0 aromatic heterocycles. The monoisotopic (exact) mass is 595 g/mol. The number of hydrogen-bond donors (Lipinski definition) is 5. The van der Waals surface area contributed by atoms with E-state index >= 15 is 0 Å². The van der Waals surface area contributed by atoms with Crippen molar-refractivity contribution in [3.05, 3.63) is 84.5 Å². The number of urea groups is 1. The topological polar surface area (TPSA) is 137 Å². The average molecular weight is 596 g/mol. The zero-order valence-corrected chi connectivity index (χ0v) is 25.6. The summed E-state index contributed by atoms with van der Waals surface area (Å²) in [6.45, 7) is 4.91. The molecule has 5 N–H and O–H groups in total. The number of amides is 3. The van der Waals surface area contributed by atoms with E-state index in [1.165, 1.54) is 12.1 Å². The molecule has 1 rings (SSSR count). The SMILES string of the molecule is CCC=CCC=CCC=CCC=CCC=CCCCCO[C@H](CC)C(=O)NCCNC(=O)Nc1ccc(O)c(C(=O)O)c1. The zero-order chi connectivity index (χ0) is 31.5. The molecule has 9 heteroatoms. The molecule has 236 valence electrons. The van der Waals surface area contributed by atoms with Crippen LogP contribution in [0.5, 0.6) is 5.75 Å². The number of carboxylic acids is 1. The van der Waals surface area contributed by atoms with Gasteiger partial charge in [0.05, 0.1) is 0 Å². The van der Waals surface area contributed by atoms with Crippen LogP contribution < -0.4 is 16.0 Å². The number of anilines is 1. The van der Waals surface area contributed by atoms with Gasteiger partial charge in [-0.25, -0.2) is 9.59 Å². The molecule has 1 atom stereocenters. The number of carboxylic acid groups (broad SMARTS) is 1. The number of carbonyl (C=O) groups is 3. The second-order valence-corrected chi connectivity index (χ2v) is 9.68. The van der Waals surface area contributed by atoms with Gasteiger partial charge in [-0.05, 0) is 76.0 Å². The molecule has 0 aliphatic rings. The second-order valence-electron chi connectivity index (χ2n) is 9.68. The molecule has 1 aromatic carbocycles. The maximum Gasteiger partial charge on any atom is 0.339 e. The number of rotatable bonds is 22. The lowest BCUT2D eigenvalue weighted by Gasteiger charge is -2.16. The summed E-state index contributed by atoms with van der Waals surface area (Å²) in [5.41, 5.74) is -0.0950. The Morgan fingerprint density at radius 2 is 1.40 bits per heavy atom. The van der Waals surface area contributed by atoms with Gasteiger partial charge in [-0.2, -0.15) is 0 Å². The zero-order valence-electron chi connectivity index (χ0n) is 25.6. The van der Waals surface area contributed by atoms with Crippen molar-refractivity contribution in [1.29, 1.82) is 0 Å². The number of unbranched alkanes of at least 4 members (excludes halogenated alkanes) is 2. The highest BCUT2D eigenvalue weighted by molar-refractivity contribution is 5.95. The Bertz CT molecular complexity index is 1110. The summed E-state index contributed by atoms with van der Waals surface area (Å²) in [4.78, 5) is 35.5. The van der Waals surface area contributed by atoms with Crippen molar-refractivity contribution in [1.82, 2.24) is 10.6 Å². The molecule has 0 fully saturated rings. The van der Waals surface area contributed by atoms with Crippen LogP contribution in [0.4, 0.5) is 10.5 Å². The van der Waals surface area contributed by atoms with Crippen molar-refractivity contribution in [2.45, 2.75) is 77.7 Å². The minimum atomic E-state index is -1.30. The number of allylic oxidation sites excluding steroid dienone is 10. The van der Waals surface area contributed by atoms with Crippen molar-refractivity contribution in [3.8, 4) is 5.75 Å². The van der Waals surface area contributed by atoms with Crippen LogP contribution in [-0.4, -0.2) is 53.9 Å². The fourth-order valence-corrected chi connectivity index (χ4v) is 3.77. The molecule has 0 saturated carbocycles. The van der Waals surface area contributed by atoms with Gasteiger partial charge in [0.2, 0.25) is 5.91 Å². The Kier molecular flexibility index (Phi) is 21.0. The highest BCUT2D eigenvalue weighted by Crippen LogP contribution is 2.21. The second kappa shape index (κ2) is 24.5. The summed E-state index contributed by atoms with van der Waals surface area (Å²) < 4.78 is 5.75. The number of aromatic carboxylic acids is 1. The molecule has 1 aromatic rings. The van der Waals surface area contributed by atoms with Crippen LogP contribution in [0.15, 0.2) is 79.0 Å². The highest BCUT2D eigenvalue weighted by Gasteiger charge is 2.16. The van der Waals surface area contributed by atoms with Crippen molar-refractivity contribution in [2.24, 2.45) is 0 Å². The van der Waals surface area contributed by atoms with Gasteiger partial charge >= 0.3 is 12.0 Å². The molecule has 0 aliphatic heterocycles. The number of carbonyl (C=O) groups excluding carboxylic acids is 2. The summed E-state index contributed by atoms with van der Waals surface area (Å²) in [6, 6.07) is 3.17. The van der Waals surface area contributed by atoms with Gasteiger partial charge in [-0.15, -0.1) is 0 Å². The molecular formula is C34H49N3O6. The molecule has 0 heterocycles. The third-order valence-corrected chi connectivity index (χ3v) is 6.10. The number of aromatic hydroxyl groups is 1. The molecule has 9 nitrogen and oxygen atoms in total. The third kappa shape index (κ3) is 18.8. The lowest BCUT2D eigenvalue weighted by atomic mass is 10.2. The van der Waals surface area contributed by atoms with Crippen molar-refractivity contribution in [2.75, 3.05) is 25.0 Å². The number of ether oxygens (including phenoxy) is 1. The van der Waals surface area contributed by atoms with Gasteiger partial charge < -0.3 is 30.9 Å². The molecule has 0 unspecified atom stereocenters.